The number of nitro benzene ring substituents is 1. The zero-order chi connectivity index (χ0) is 17.3. The predicted octanol–water partition coefficient (Wildman–Crippen LogP) is 3.32. The van der Waals surface area contributed by atoms with Gasteiger partial charge in [0.05, 0.1) is 16.3 Å². The van der Waals surface area contributed by atoms with Gasteiger partial charge in [-0.15, -0.1) is 0 Å². The molecule has 0 radical (unpaired) electrons. The molecule has 3 aromatic rings. The molecular weight excluding hydrogens is 310 g/mol. The summed E-state index contributed by atoms with van der Waals surface area (Å²) in [6.45, 7) is 1.91. The molecule has 3 rings (SSSR count). The highest BCUT2D eigenvalue weighted by Gasteiger charge is 2.14. The first-order valence-electron chi connectivity index (χ1n) is 7.11. The molecule has 0 aliphatic rings. The maximum atomic E-state index is 10.9. The summed E-state index contributed by atoms with van der Waals surface area (Å²) < 4.78 is 1.80. The maximum absolute atomic E-state index is 10.9. The zero-order valence-corrected chi connectivity index (χ0v) is 12.7. The van der Waals surface area contributed by atoms with Gasteiger partial charge in [0.1, 0.15) is 5.65 Å². The standard InChI is InChI=1S/C17H13N3O4/c1-11-3-2-10-19-14(8-9-15(21)22)16(18-17(11)19)12-4-6-13(7-5-12)20(23)24/h2-10H,1H3,(H,21,22). The Morgan fingerprint density at radius 3 is 2.62 bits per heavy atom. The number of aryl methyl sites for hydroxylation is 1. The van der Waals surface area contributed by atoms with E-state index in [9.17, 15) is 14.9 Å². The smallest absolute Gasteiger partial charge is 0.328 e. The molecule has 0 atom stereocenters. The maximum Gasteiger partial charge on any atom is 0.328 e. The van der Waals surface area contributed by atoms with E-state index < -0.39 is 10.9 Å². The number of hydrogen-bond donors (Lipinski definition) is 1. The second-order valence-electron chi connectivity index (χ2n) is 5.21. The van der Waals surface area contributed by atoms with Gasteiger partial charge >= 0.3 is 5.97 Å². The van der Waals surface area contributed by atoms with E-state index in [1.165, 1.54) is 18.2 Å². The van der Waals surface area contributed by atoms with Crippen LogP contribution in [0, 0.1) is 17.0 Å². The highest BCUT2D eigenvalue weighted by atomic mass is 16.6. The highest BCUT2D eigenvalue weighted by molar-refractivity contribution is 5.87. The minimum atomic E-state index is -1.06. The Labute approximate surface area is 136 Å². The number of non-ortho nitro benzene ring substituents is 1. The van der Waals surface area contributed by atoms with Crippen molar-refractivity contribution in [2.75, 3.05) is 0 Å². The molecule has 120 valence electrons. The van der Waals surface area contributed by atoms with E-state index in [1.54, 1.807) is 22.7 Å². The minimum absolute atomic E-state index is 0.0127. The van der Waals surface area contributed by atoms with E-state index in [4.69, 9.17) is 5.11 Å². The van der Waals surface area contributed by atoms with Crippen LogP contribution in [-0.4, -0.2) is 25.4 Å². The molecule has 0 unspecified atom stereocenters. The van der Waals surface area contributed by atoms with Crippen LogP contribution in [0.5, 0.6) is 0 Å². The van der Waals surface area contributed by atoms with Gasteiger partial charge in [0.15, 0.2) is 0 Å². The van der Waals surface area contributed by atoms with Crippen molar-refractivity contribution in [3.63, 3.8) is 0 Å². The molecule has 0 amide bonds. The molecule has 0 fully saturated rings. The van der Waals surface area contributed by atoms with E-state index in [0.717, 1.165) is 11.6 Å². The van der Waals surface area contributed by atoms with E-state index in [2.05, 4.69) is 4.98 Å². The van der Waals surface area contributed by atoms with E-state index in [-0.39, 0.29) is 5.69 Å². The third kappa shape index (κ3) is 2.74. The third-order valence-corrected chi connectivity index (χ3v) is 3.62. The van der Waals surface area contributed by atoms with Crippen molar-refractivity contribution in [1.29, 1.82) is 0 Å². The Bertz CT molecular complexity index is 971. The summed E-state index contributed by atoms with van der Waals surface area (Å²) in [6.07, 6.45) is 4.31. The number of imidazole rings is 1. The van der Waals surface area contributed by atoms with Crippen molar-refractivity contribution < 1.29 is 14.8 Å². The SMILES string of the molecule is Cc1cccn2c(C=CC(=O)O)c(-c3ccc([N+](=O)[O-])cc3)nc12. The summed E-state index contributed by atoms with van der Waals surface area (Å²) in [5.41, 5.74) is 3.48. The Morgan fingerprint density at radius 2 is 2.00 bits per heavy atom. The molecular formula is C17H13N3O4. The highest BCUT2D eigenvalue weighted by Crippen LogP contribution is 2.28. The third-order valence-electron chi connectivity index (χ3n) is 3.62. The molecule has 1 aromatic carbocycles. The second kappa shape index (κ2) is 5.96. The molecule has 1 N–H and O–H groups in total. The Hall–Kier alpha value is -3.48. The number of carboxylic acids is 1. The largest absolute Gasteiger partial charge is 0.478 e. The molecule has 7 heteroatoms. The fraction of sp³-hybridized carbons (Fsp3) is 0.0588. The number of carboxylic acid groups (broad SMARTS) is 1. The van der Waals surface area contributed by atoms with Crippen molar-refractivity contribution in [2.45, 2.75) is 6.92 Å². The van der Waals surface area contributed by atoms with Crippen LogP contribution < -0.4 is 0 Å². The first-order valence-corrected chi connectivity index (χ1v) is 7.11. The molecule has 0 saturated carbocycles. The molecule has 0 aliphatic heterocycles. The molecule has 2 aromatic heterocycles. The van der Waals surface area contributed by atoms with Crippen molar-refractivity contribution in [2.24, 2.45) is 0 Å². The summed E-state index contributed by atoms with van der Waals surface area (Å²) in [4.78, 5) is 25.8. The van der Waals surface area contributed by atoms with Crippen LogP contribution in [0.15, 0.2) is 48.7 Å². The lowest BCUT2D eigenvalue weighted by Crippen LogP contribution is -1.92. The number of aliphatic carboxylic acids is 1. The lowest BCUT2D eigenvalue weighted by Gasteiger charge is -2.01. The van der Waals surface area contributed by atoms with Gasteiger partial charge in [-0.2, -0.15) is 0 Å². The monoisotopic (exact) mass is 323 g/mol. The predicted molar refractivity (Wildman–Crippen MR) is 88.7 cm³/mol. The average Bonchev–Trinajstić information content (AvgIpc) is 2.93. The van der Waals surface area contributed by atoms with Crippen LogP contribution in [0.3, 0.4) is 0 Å². The lowest BCUT2D eigenvalue weighted by molar-refractivity contribution is -0.384. The molecule has 0 saturated heterocycles. The van der Waals surface area contributed by atoms with Crippen molar-refractivity contribution in [3.8, 4) is 11.3 Å². The van der Waals surface area contributed by atoms with Crippen LogP contribution in [0.1, 0.15) is 11.3 Å². The molecule has 2 heterocycles. The lowest BCUT2D eigenvalue weighted by atomic mass is 10.1. The zero-order valence-electron chi connectivity index (χ0n) is 12.7. The van der Waals surface area contributed by atoms with Crippen LogP contribution in [-0.2, 0) is 4.79 Å². The number of fused-ring (bicyclic) bond motifs is 1. The summed E-state index contributed by atoms with van der Waals surface area (Å²) in [7, 11) is 0. The topological polar surface area (TPSA) is 97.7 Å². The number of hydrogen-bond acceptors (Lipinski definition) is 4. The van der Waals surface area contributed by atoms with Crippen LogP contribution in [0.25, 0.3) is 23.0 Å². The average molecular weight is 323 g/mol. The molecule has 0 spiro atoms. The number of pyridine rings is 1. The van der Waals surface area contributed by atoms with E-state index >= 15 is 0 Å². The summed E-state index contributed by atoms with van der Waals surface area (Å²) >= 11 is 0. The van der Waals surface area contributed by atoms with Crippen molar-refractivity contribution in [1.82, 2.24) is 9.38 Å². The van der Waals surface area contributed by atoms with Crippen molar-refractivity contribution >= 4 is 23.4 Å². The van der Waals surface area contributed by atoms with Gasteiger partial charge < -0.3 is 5.11 Å². The fourth-order valence-electron chi connectivity index (χ4n) is 2.49. The first kappa shape index (κ1) is 15.4. The van der Waals surface area contributed by atoms with Gasteiger partial charge in [0.25, 0.3) is 5.69 Å². The molecule has 24 heavy (non-hydrogen) atoms. The van der Waals surface area contributed by atoms with Gasteiger partial charge in [-0.25, -0.2) is 9.78 Å². The molecule has 0 aliphatic carbocycles. The molecule has 7 nitrogen and oxygen atoms in total. The van der Waals surface area contributed by atoms with Gasteiger partial charge in [0, 0.05) is 30.0 Å². The number of carbonyl (C=O) groups is 1. The van der Waals surface area contributed by atoms with Crippen LogP contribution in [0.4, 0.5) is 5.69 Å². The van der Waals surface area contributed by atoms with E-state index in [0.29, 0.717) is 22.6 Å². The number of aromatic nitrogens is 2. The summed E-state index contributed by atoms with van der Waals surface area (Å²) in [5, 5.41) is 19.7. The number of nitro groups is 1. The summed E-state index contributed by atoms with van der Waals surface area (Å²) in [6, 6.07) is 9.77. The number of benzene rings is 1. The fourth-order valence-corrected chi connectivity index (χ4v) is 2.49. The van der Waals surface area contributed by atoms with Gasteiger partial charge in [-0.05, 0) is 36.8 Å². The van der Waals surface area contributed by atoms with Gasteiger partial charge in [-0.3, -0.25) is 14.5 Å². The Morgan fingerprint density at radius 1 is 1.29 bits per heavy atom. The molecule has 0 bridgehead atoms. The minimum Gasteiger partial charge on any atom is -0.478 e. The van der Waals surface area contributed by atoms with Crippen LogP contribution >= 0.6 is 0 Å². The van der Waals surface area contributed by atoms with Gasteiger partial charge in [0.2, 0.25) is 0 Å². The van der Waals surface area contributed by atoms with Crippen molar-refractivity contribution in [3.05, 3.63) is 70.0 Å². The quantitative estimate of drug-likeness (QED) is 0.451. The van der Waals surface area contributed by atoms with Gasteiger partial charge in [-0.1, -0.05) is 6.07 Å². The number of rotatable bonds is 4. The number of nitrogens with zero attached hydrogens (tertiary/aromatic N) is 3. The Balaban J connectivity index is 2.22. The summed E-state index contributed by atoms with van der Waals surface area (Å²) in [5.74, 6) is -1.06. The van der Waals surface area contributed by atoms with Crippen LogP contribution in [0.2, 0.25) is 0 Å². The Kier molecular flexibility index (Phi) is 3.83. The first-order chi connectivity index (χ1) is 11.5. The normalized spacial score (nSPS) is 11.2. The van der Waals surface area contributed by atoms with E-state index in [1.807, 2.05) is 19.1 Å². The second-order valence-corrected chi connectivity index (χ2v) is 5.21.